The first-order valence-corrected chi connectivity index (χ1v) is 8.36. The number of amides is 1. The summed E-state index contributed by atoms with van der Waals surface area (Å²) in [5.74, 6) is -0.419. The van der Waals surface area contributed by atoms with Gasteiger partial charge in [-0.1, -0.05) is 60.7 Å². The Morgan fingerprint density at radius 1 is 1.00 bits per heavy atom. The Hall–Kier alpha value is -3.25. The molecule has 2 aromatic carbocycles. The Morgan fingerprint density at radius 2 is 1.62 bits per heavy atom. The second kappa shape index (κ2) is 6.93. The van der Waals surface area contributed by atoms with Crippen LogP contribution in [0.1, 0.15) is 10.4 Å². The number of benzene rings is 2. The van der Waals surface area contributed by atoms with Crippen molar-refractivity contribution in [2.45, 2.75) is 6.04 Å². The number of hydrogen-bond acceptors (Lipinski definition) is 4. The maximum Gasteiger partial charge on any atom is 0.277 e. The zero-order valence-electron chi connectivity index (χ0n) is 13.9. The molecule has 0 bridgehead atoms. The average Bonchev–Trinajstić information content (AvgIpc) is 2.65. The molecule has 6 heteroatoms. The lowest BCUT2D eigenvalue weighted by Gasteiger charge is -2.27. The fraction of sp³-hybridized carbons (Fsp3) is 0.150. The van der Waals surface area contributed by atoms with Crippen molar-refractivity contribution < 1.29 is 9.53 Å². The number of nitrogens with one attached hydrogen (secondary N) is 2. The van der Waals surface area contributed by atoms with Crippen LogP contribution in [0.25, 0.3) is 22.4 Å². The molecule has 0 aliphatic carbocycles. The third-order valence-electron chi connectivity index (χ3n) is 4.29. The molecule has 0 unspecified atom stereocenters. The third kappa shape index (κ3) is 3.02. The van der Waals surface area contributed by atoms with Gasteiger partial charge in [-0.3, -0.25) is 9.59 Å². The van der Waals surface area contributed by atoms with E-state index in [0.717, 1.165) is 11.1 Å². The van der Waals surface area contributed by atoms with Crippen molar-refractivity contribution in [2.24, 2.45) is 0 Å². The molecule has 1 aromatic heterocycles. The van der Waals surface area contributed by atoms with Crippen LogP contribution in [0.4, 0.5) is 0 Å². The largest absolute Gasteiger partial charge is 0.377 e. The molecule has 1 amide bonds. The van der Waals surface area contributed by atoms with E-state index in [1.54, 1.807) is 0 Å². The van der Waals surface area contributed by atoms with Crippen molar-refractivity contribution in [3.8, 4) is 22.4 Å². The average molecular weight is 347 g/mol. The molecular formula is C20H17N3O3. The normalized spacial score (nSPS) is 13.8. The van der Waals surface area contributed by atoms with Crippen LogP contribution in [0.2, 0.25) is 0 Å². The molecule has 1 aliphatic rings. The quantitative estimate of drug-likeness (QED) is 0.758. The molecule has 130 valence electrons. The predicted octanol–water partition coefficient (Wildman–Crippen LogP) is 2.23. The van der Waals surface area contributed by atoms with Gasteiger partial charge in [0.05, 0.1) is 24.9 Å². The Kier molecular flexibility index (Phi) is 4.33. The number of aromatic nitrogens is 2. The molecule has 0 saturated carbocycles. The molecule has 26 heavy (non-hydrogen) atoms. The predicted molar refractivity (Wildman–Crippen MR) is 97.8 cm³/mol. The van der Waals surface area contributed by atoms with E-state index < -0.39 is 11.5 Å². The summed E-state index contributed by atoms with van der Waals surface area (Å²) in [6, 6.07) is 18.8. The minimum atomic E-state index is -0.513. The lowest BCUT2D eigenvalue weighted by atomic mass is 9.95. The summed E-state index contributed by atoms with van der Waals surface area (Å²) in [6.45, 7) is 0.919. The summed E-state index contributed by atoms with van der Waals surface area (Å²) in [5.41, 5.74) is 2.23. The van der Waals surface area contributed by atoms with Crippen LogP contribution in [0.5, 0.6) is 0 Å². The zero-order valence-corrected chi connectivity index (χ0v) is 13.9. The molecule has 3 aromatic rings. The van der Waals surface area contributed by atoms with Crippen LogP contribution in [0.3, 0.4) is 0 Å². The highest BCUT2D eigenvalue weighted by atomic mass is 16.5. The van der Waals surface area contributed by atoms with Crippen LogP contribution in [-0.4, -0.2) is 35.4 Å². The summed E-state index contributed by atoms with van der Waals surface area (Å²) in [6.07, 6.45) is 0. The van der Waals surface area contributed by atoms with Gasteiger partial charge >= 0.3 is 0 Å². The minimum absolute atomic E-state index is 0.0666. The molecule has 2 heterocycles. The Bertz CT molecular complexity index is 980. The monoisotopic (exact) mass is 347 g/mol. The number of hydrogen-bond donors (Lipinski definition) is 2. The van der Waals surface area contributed by atoms with Crippen molar-refractivity contribution in [3.05, 3.63) is 76.6 Å². The van der Waals surface area contributed by atoms with Gasteiger partial charge in [-0.2, -0.15) is 5.10 Å². The van der Waals surface area contributed by atoms with Crippen LogP contribution in [0, 0.1) is 0 Å². The number of ether oxygens (including phenoxy) is 1. The van der Waals surface area contributed by atoms with Crippen LogP contribution >= 0.6 is 0 Å². The number of carbonyl (C=O) groups is 1. The molecule has 1 saturated heterocycles. The van der Waals surface area contributed by atoms with Gasteiger partial charge in [0, 0.05) is 11.1 Å². The summed E-state index contributed by atoms with van der Waals surface area (Å²) in [5, 5.41) is 9.56. The van der Waals surface area contributed by atoms with Gasteiger partial charge < -0.3 is 10.1 Å². The maximum absolute atomic E-state index is 12.8. The molecule has 1 fully saturated rings. The van der Waals surface area contributed by atoms with Gasteiger partial charge in [-0.15, -0.1) is 0 Å². The zero-order chi connectivity index (χ0) is 17.9. The number of carbonyl (C=O) groups excluding carboxylic acids is 1. The Labute approximate surface area is 149 Å². The Morgan fingerprint density at radius 3 is 2.19 bits per heavy atom. The third-order valence-corrected chi connectivity index (χ3v) is 4.29. The smallest absolute Gasteiger partial charge is 0.277 e. The lowest BCUT2D eigenvalue weighted by molar-refractivity contribution is -0.00348. The summed E-state index contributed by atoms with van der Waals surface area (Å²) < 4.78 is 5.10. The summed E-state index contributed by atoms with van der Waals surface area (Å²) >= 11 is 0. The highest BCUT2D eigenvalue weighted by Crippen LogP contribution is 2.31. The SMILES string of the molecule is O=C(NC1COC1)c1c(-c2ccccc2)c(-c2ccccc2)n[nH]c1=O. The van der Waals surface area contributed by atoms with Gasteiger partial charge in [0.25, 0.3) is 11.5 Å². The topological polar surface area (TPSA) is 84.1 Å². The number of aromatic amines is 1. The van der Waals surface area contributed by atoms with E-state index in [1.165, 1.54) is 0 Å². The summed E-state index contributed by atoms with van der Waals surface area (Å²) in [7, 11) is 0. The van der Waals surface area contributed by atoms with E-state index in [1.807, 2.05) is 60.7 Å². The van der Waals surface area contributed by atoms with Crippen molar-refractivity contribution >= 4 is 5.91 Å². The van der Waals surface area contributed by atoms with Crippen LogP contribution < -0.4 is 10.9 Å². The minimum Gasteiger partial charge on any atom is -0.377 e. The first-order valence-electron chi connectivity index (χ1n) is 8.36. The molecule has 0 spiro atoms. The van der Waals surface area contributed by atoms with E-state index in [2.05, 4.69) is 15.5 Å². The molecule has 0 atom stereocenters. The van der Waals surface area contributed by atoms with Crippen molar-refractivity contribution in [3.63, 3.8) is 0 Å². The van der Waals surface area contributed by atoms with Crippen LogP contribution in [-0.2, 0) is 4.74 Å². The van der Waals surface area contributed by atoms with E-state index in [9.17, 15) is 9.59 Å². The highest BCUT2D eigenvalue weighted by molar-refractivity contribution is 6.03. The molecule has 0 radical (unpaired) electrons. The number of H-pyrrole nitrogens is 1. The van der Waals surface area contributed by atoms with E-state index >= 15 is 0 Å². The van der Waals surface area contributed by atoms with Crippen molar-refractivity contribution in [1.29, 1.82) is 0 Å². The second-order valence-corrected chi connectivity index (χ2v) is 6.09. The molecule has 2 N–H and O–H groups in total. The maximum atomic E-state index is 12.8. The summed E-state index contributed by atoms with van der Waals surface area (Å²) in [4.78, 5) is 25.3. The first kappa shape index (κ1) is 16.2. The van der Waals surface area contributed by atoms with Gasteiger partial charge in [-0.05, 0) is 5.56 Å². The van der Waals surface area contributed by atoms with Crippen molar-refractivity contribution in [2.75, 3.05) is 13.2 Å². The second-order valence-electron chi connectivity index (χ2n) is 6.09. The van der Waals surface area contributed by atoms with Gasteiger partial charge in [0.1, 0.15) is 5.56 Å². The molecule has 4 rings (SSSR count). The molecule has 6 nitrogen and oxygen atoms in total. The lowest BCUT2D eigenvalue weighted by Crippen LogP contribution is -2.49. The fourth-order valence-electron chi connectivity index (χ4n) is 2.93. The molecule has 1 aliphatic heterocycles. The van der Waals surface area contributed by atoms with Crippen molar-refractivity contribution in [1.82, 2.24) is 15.5 Å². The van der Waals surface area contributed by atoms with E-state index in [0.29, 0.717) is 24.5 Å². The van der Waals surface area contributed by atoms with Crippen LogP contribution in [0.15, 0.2) is 65.5 Å². The van der Waals surface area contributed by atoms with E-state index in [-0.39, 0.29) is 11.6 Å². The van der Waals surface area contributed by atoms with Gasteiger partial charge in [0.15, 0.2) is 0 Å². The van der Waals surface area contributed by atoms with E-state index in [4.69, 9.17) is 4.74 Å². The van der Waals surface area contributed by atoms with Gasteiger partial charge in [-0.25, -0.2) is 5.10 Å². The van der Waals surface area contributed by atoms with Gasteiger partial charge in [0.2, 0.25) is 0 Å². The number of nitrogens with zero attached hydrogens (tertiary/aromatic N) is 1. The standard InChI is InChI=1S/C20H17N3O3/c24-19(21-15-11-26-12-15)17-16(13-7-3-1-4-8-13)18(22-23-20(17)25)14-9-5-2-6-10-14/h1-10,15H,11-12H2,(H,21,24)(H,23,25). The molecular weight excluding hydrogens is 330 g/mol. The highest BCUT2D eigenvalue weighted by Gasteiger charge is 2.27. The number of rotatable bonds is 4. The fourth-order valence-corrected chi connectivity index (χ4v) is 2.93. The first-order chi connectivity index (χ1) is 12.7. The Balaban J connectivity index is 1.92.